The molecule has 4 nitrogen and oxygen atoms in total. The topological polar surface area (TPSA) is 31.6 Å². The molecule has 6 heteroatoms. The summed E-state index contributed by atoms with van der Waals surface area (Å²) in [6, 6.07) is 15.6. The lowest BCUT2D eigenvalue weighted by Gasteiger charge is -2.35. The fourth-order valence-corrected chi connectivity index (χ4v) is 7.50. The highest BCUT2D eigenvalue weighted by molar-refractivity contribution is 7.08. The highest BCUT2D eigenvalue weighted by Gasteiger charge is 2.39. The number of aliphatic hydroxyl groups is 1. The number of fused-ring (bicyclic) bond motifs is 1. The molecule has 3 unspecified atom stereocenters. The van der Waals surface area contributed by atoms with Gasteiger partial charge in [-0.1, -0.05) is 30.3 Å². The van der Waals surface area contributed by atoms with Crippen LogP contribution in [0.4, 0.5) is 4.39 Å². The minimum Gasteiger partial charge on any atom is -0.374 e. The fraction of sp³-hybridized carbons (Fsp3) is 0.419. The van der Waals surface area contributed by atoms with Crippen LogP contribution in [0.25, 0.3) is 10.9 Å². The zero-order valence-electron chi connectivity index (χ0n) is 21.7. The zero-order valence-corrected chi connectivity index (χ0v) is 22.5. The molecule has 2 saturated heterocycles. The molecule has 1 N–H and O–H groups in total. The van der Waals surface area contributed by atoms with Gasteiger partial charge in [-0.3, -0.25) is 4.90 Å². The first-order valence-corrected chi connectivity index (χ1v) is 14.4. The van der Waals surface area contributed by atoms with E-state index in [-0.39, 0.29) is 5.82 Å². The van der Waals surface area contributed by atoms with Gasteiger partial charge in [0.05, 0.1) is 5.52 Å². The molecule has 4 heterocycles. The van der Waals surface area contributed by atoms with Gasteiger partial charge in [0.1, 0.15) is 12.0 Å². The van der Waals surface area contributed by atoms with E-state index in [2.05, 4.69) is 69.6 Å². The molecule has 2 fully saturated rings. The first-order valence-electron chi connectivity index (χ1n) is 13.4. The number of piperidine rings is 1. The summed E-state index contributed by atoms with van der Waals surface area (Å²) in [4.78, 5) is 4.90. The summed E-state index contributed by atoms with van der Waals surface area (Å²) in [6.45, 7) is 7.08. The Labute approximate surface area is 222 Å². The van der Waals surface area contributed by atoms with Crippen molar-refractivity contribution in [3.8, 4) is 0 Å². The summed E-state index contributed by atoms with van der Waals surface area (Å²) in [6.07, 6.45) is 3.76. The number of aromatic nitrogens is 1. The number of likely N-dealkylation sites (tertiary alicyclic amines) is 2. The van der Waals surface area contributed by atoms with Gasteiger partial charge < -0.3 is 14.6 Å². The molecule has 0 amide bonds. The van der Waals surface area contributed by atoms with Gasteiger partial charge >= 0.3 is 0 Å². The standard InChI is InChI=1S/C31H36FN3OS/c1-21-16-33(2)30-27(21)4-3-5-28(30)31(36)35-18-25(29(19-35)24-12-15-37-20-24)17-34-13-10-23(11-14-34)22-6-8-26(32)9-7-22/h3-9,12,15-16,20,23,25,29,31,36H,10-11,13-14,17-19H2,1-2H3. The van der Waals surface area contributed by atoms with Crippen LogP contribution >= 0.6 is 11.3 Å². The van der Waals surface area contributed by atoms with Gasteiger partial charge in [0.15, 0.2) is 0 Å². The van der Waals surface area contributed by atoms with Crippen molar-refractivity contribution in [3.63, 3.8) is 0 Å². The molecule has 194 valence electrons. The van der Waals surface area contributed by atoms with E-state index in [0.29, 0.717) is 17.8 Å². The Balaban J connectivity index is 1.18. The van der Waals surface area contributed by atoms with Crippen molar-refractivity contribution in [2.45, 2.75) is 37.8 Å². The summed E-state index contributed by atoms with van der Waals surface area (Å²) < 4.78 is 15.5. The molecule has 2 aliphatic rings. The van der Waals surface area contributed by atoms with E-state index in [4.69, 9.17) is 0 Å². The molecule has 2 aromatic carbocycles. The molecular formula is C31H36FN3OS. The molecule has 0 aliphatic carbocycles. The van der Waals surface area contributed by atoms with Crippen molar-refractivity contribution < 1.29 is 9.50 Å². The third-order valence-electron chi connectivity index (χ3n) is 8.72. The van der Waals surface area contributed by atoms with Gasteiger partial charge in [-0.05, 0) is 90.3 Å². The molecule has 2 aromatic heterocycles. The third-order valence-corrected chi connectivity index (χ3v) is 9.42. The van der Waals surface area contributed by atoms with E-state index >= 15 is 0 Å². The van der Waals surface area contributed by atoms with Crippen molar-refractivity contribution in [1.29, 1.82) is 0 Å². The summed E-state index contributed by atoms with van der Waals surface area (Å²) in [7, 11) is 2.07. The van der Waals surface area contributed by atoms with E-state index in [1.165, 1.54) is 22.1 Å². The van der Waals surface area contributed by atoms with Crippen molar-refractivity contribution in [1.82, 2.24) is 14.4 Å². The largest absolute Gasteiger partial charge is 0.374 e. The van der Waals surface area contributed by atoms with Crippen LogP contribution in [0.1, 0.15) is 53.2 Å². The lowest BCUT2D eigenvalue weighted by Crippen LogP contribution is -2.38. The number of aryl methyl sites for hydroxylation is 2. The van der Waals surface area contributed by atoms with Crippen LogP contribution in [0.3, 0.4) is 0 Å². The van der Waals surface area contributed by atoms with E-state index in [9.17, 15) is 9.50 Å². The van der Waals surface area contributed by atoms with Crippen LogP contribution in [0, 0.1) is 18.7 Å². The monoisotopic (exact) mass is 517 g/mol. The van der Waals surface area contributed by atoms with Crippen molar-refractivity contribution >= 4 is 22.2 Å². The fourth-order valence-electron chi connectivity index (χ4n) is 6.77. The lowest BCUT2D eigenvalue weighted by atomic mass is 9.87. The van der Waals surface area contributed by atoms with E-state index < -0.39 is 6.23 Å². The Kier molecular flexibility index (Phi) is 6.93. The SMILES string of the molecule is Cc1cn(C)c2c(C(O)N3CC(CN4CCC(c5ccc(F)cc5)CC4)C(c4ccsc4)C3)cccc12. The molecule has 0 spiro atoms. The Morgan fingerprint density at radius 3 is 2.54 bits per heavy atom. The van der Waals surface area contributed by atoms with Gasteiger partial charge in [-0.25, -0.2) is 4.39 Å². The number of rotatable bonds is 6. The van der Waals surface area contributed by atoms with Gasteiger partial charge in [0.25, 0.3) is 0 Å². The second-order valence-corrected chi connectivity index (χ2v) is 11.8. The van der Waals surface area contributed by atoms with Crippen LogP contribution < -0.4 is 0 Å². The predicted octanol–water partition coefficient (Wildman–Crippen LogP) is 6.27. The van der Waals surface area contributed by atoms with E-state index in [1.54, 1.807) is 23.5 Å². The summed E-state index contributed by atoms with van der Waals surface area (Å²) in [5.74, 6) is 1.25. The first-order chi connectivity index (χ1) is 18.0. The molecular weight excluding hydrogens is 481 g/mol. The van der Waals surface area contributed by atoms with E-state index in [1.807, 2.05) is 12.1 Å². The second kappa shape index (κ2) is 10.3. The number of para-hydroxylation sites is 1. The maximum atomic E-state index is 13.4. The zero-order chi connectivity index (χ0) is 25.5. The number of halogens is 1. The molecule has 0 saturated carbocycles. The Morgan fingerprint density at radius 1 is 1.03 bits per heavy atom. The van der Waals surface area contributed by atoms with Crippen LogP contribution in [0.5, 0.6) is 0 Å². The molecule has 4 aromatic rings. The molecule has 2 aliphatic heterocycles. The minimum absolute atomic E-state index is 0.160. The quantitative estimate of drug-likeness (QED) is 0.327. The van der Waals surface area contributed by atoms with Crippen LogP contribution in [-0.4, -0.2) is 52.2 Å². The van der Waals surface area contributed by atoms with Gasteiger partial charge in [0, 0.05) is 49.7 Å². The maximum Gasteiger partial charge on any atom is 0.135 e. The minimum atomic E-state index is -0.618. The first kappa shape index (κ1) is 24.8. The van der Waals surface area contributed by atoms with Gasteiger partial charge in [-0.2, -0.15) is 11.3 Å². The number of aliphatic hydroxyl groups excluding tert-OH is 1. The van der Waals surface area contributed by atoms with Crippen LogP contribution in [0.15, 0.2) is 65.5 Å². The number of nitrogens with zero attached hydrogens (tertiary/aromatic N) is 3. The van der Waals surface area contributed by atoms with Crippen molar-refractivity contribution in [2.75, 3.05) is 32.7 Å². The number of thiophene rings is 1. The smallest absolute Gasteiger partial charge is 0.135 e. The number of hydrogen-bond donors (Lipinski definition) is 1. The van der Waals surface area contributed by atoms with E-state index in [0.717, 1.165) is 56.6 Å². The van der Waals surface area contributed by atoms with Crippen LogP contribution in [0.2, 0.25) is 0 Å². The summed E-state index contributed by atoms with van der Waals surface area (Å²) in [5.41, 5.74) is 6.03. The van der Waals surface area contributed by atoms with Crippen molar-refractivity contribution in [3.05, 3.63) is 93.6 Å². The highest BCUT2D eigenvalue weighted by Crippen LogP contribution is 2.40. The summed E-state index contributed by atoms with van der Waals surface area (Å²) >= 11 is 1.76. The Hall–Kier alpha value is -2.51. The number of hydrogen-bond acceptors (Lipinski definition) is 4. The maximum absolute atomic E-state index is 13.4. The number of benzene rings is 2. The molecule has 37 heavy (non-hydrogen) atoms. The third kappa shape index (κ3) is 4.88. The normalized spacial score (nSPS) is 22.7. The highest BCUT2D eigenvalue weighted by atomic mass is 32.1. The molecule has 0 bridgehead atoms. The van der Waals surface area contributed by atoms with Crippen molar-refractivity contribution in [2.24, 2.45) is 13.0 Å². The molecule has 0 radical (unpaired) electrons. The average molecular weight is 518 g/mol. The average Bonchev–Trinajstić information content (AvgIpc) is 3.65. The lowest BCUT2D eigenvalue weighted by molar-refractivity contribution is 0.0154. The predicted molar refractivity (Wildman–Crippen MR) is 150 cm³/mol. The molecule has 6 rings (SSSR count). The molecule has 3 atom stereocenters. The van der Waals surface area contributed by atoms with Gasteiger partial charge in [-0.15, -0.1) is 0 Å². The summed E-state index contributed by atoms with van der Waals surface area (Å²) in [5, 5.41) is 17.3. The van der Waals surface area contributed by atoms with Crippen LogP contribution in [-0.2, 0) is 7.05 Å². The Bertz CT molecular complexity index is 1340. The van der Waals surface area contributed by atoms with Gasteiger partial charge in [0.2, 0.25) is 0 Å². The second-order valence-electron chi connectivity index (χ2n) is 11.0. The Morgan fingerprint density at radius 2 is 1.81 bits per heavy atom.